The minimum absolute atomic E-state index is 0.0848. The molecule has 0 saturated heterocycles. The molecule has 6 heteroatoms. The van der Waals surface area contributed by atoms with Crippen molar-refractivity contribution in [2.45, 2.75) is 25.8 Å². The van der Waals surface area contributed by atoms with Crippen LogP contribution in [0.5, 0.6) is 0 Å². The van der Waals surface area contributed by atoms with Crippen molar-refractivity contribution in [1.82, 2.24) is 20.3 Å². The van der Waals surface area contributed by atoms with E-state index in [2.05, 4.69) is 38.5 Å². The third-order valence-corrected chi connectivity index (χ3v) is 3.73. The van der Waals surface area contributed by atoms with Crippen molar-refractivity contribution in [1.29, 1.82) is 0 Å². The van der Waals surface area contributed by atoms with Gasteiger partial charge in [-0.1, -0.05) is 34.1 Å². The zero-order chi connectivity index (χ0) is 14.5. The zero-order valence-corrected chi connectivity index (χ0v) is 13.2. The number of nitrogens with one attached hydrogen (secondary N) is 1. The molecule has 0 aliphatic carbocycles. The van der Waals surface area contributed by atoms with Gasteiger partial charge in [-0.05, 0) is 30.7 Å². The van der Waals surface area contributed by atoms with Gasteiger partial charge in [0, 0.05) is 30.2 Å². The Bertz CT molecular complexity index is 570. The quantitative estimate of drug-likeness (QED) is 0.878. The van der Waals surface area contributed by atoms with Crippen LogP contribution in [0.15, 0.2) is 28.9 Å². The van der Waals surface area contributed by atoms with Crippen LogP contribution in [0.3, 0.4) is 0 Å². The molecule has 1 heterocycles. The molecular formula is C14H18BrFN4. The fourth-order valence-electron chi connectivity index (χ4n) is 2.09. The Hall–Kier alpha value is -1.27. The van der Waals surface area contributed by atoms with E-state index in [0.29, 0.717) is 0 Å². The average molecular weight is 341 g/mol. The van der Waals surface area contributed by atoms with E-state index in [1.165, 1.54) is 12.1 Å². The number of hydrogen-bond donors (Lipinski definition) is 1. The highest BCUT2D eigenvalue weighted by molar-refractivity contribution is 9.10. The second-order valence-corrected chi connectivity index (χ2v) is 5.61. The predicted molar refractivity (Wildman–Crippen MR) is 79.8 cm³/mol. The second-order valence-electron chi connectivity index (χ2n) is 4.76. The lowest BCUT2D eigenvalue weighted by Gasteiger charge is -2.19. The van der Waals surface area contributed by atoms with Crippen LogP contribution in [0.4, 0.5) is 4.39 Å². The molecule has 1 unspecified atom stereocenters. The fourth-order valence-corrected chi connectivity index (χ4v) is 2.72. The highest BCUT2D eigenvalue weighted by Crippen LogP contribution is 2.26. The van der Waals surface area contributed by atoms with Gasteiger partial charge in [0.25, 0.3) is 0 Å². The van der Waals surface area contributed by atoms with Gasteiger partial charge >= 0.3 is 0 Å². The zero-order valence-electron chi connectivity index (χ0n) is 11.6. The molecular weight excluding hydrogens is 323 g/mol. The summed E-state index contributed by atoms with van der Waals surface area (Å²) in [6, 6.07) is 4.87. The third kappa shape index (κ3) is 3.86. The number of rotatable bonds is 6. The SMILES string of the molecule is CCCNC(Cc1cn(C)nn1)c1ccc(F)cc1Br. The predicted octanol–water partition coefficient (Wildman–Crippen LogP) is 3.00. The van der Waals surface area contributed by atoms with Crippen molar-refractivity contribution in [2.24, 2.45) is 7.05 Å². The normalized spacial score (nSPS) is 12.6. The van der Waals surface area contributed by atoms with Gasteiger partial charge in [0.15, 0.2) is 0 Å². The molecule has 20 heavy (non-hydrogen) atoms. The van der Waals surface area contributed by atoms with Gasteiger partial charge in [0.05, 0.1) is 5.69 Å². The summed E-state index contributed by atoms with van der Waals surface area (Å²) >= 11 is 3.44. The minimum atomic E-state index is -0.241. The molecule has 4 nitrogen and oxygen atoms in total. The molecule has 2 aromatic rings. The first kappa shape index (κ1) is 15.1. The maximum absolute atomic E-state index is 13.2. The first-order chi connectivity index (χ1) is 9.60. The van der Waals surface area contributed by atoms with E-state index < -0.39 is 0 Å². The first-order valence-electron chi connectivity index (χ1n) is 6.63. The summed E-state index contributed by atoms with van der Waals surface area (Å²) in [7, 11) is 1.85. The average Bonchev–Trinajstić information content (AvgIpc) is 2.80. The van der Waals surface area contributed by atoms with E-state index >= 15 is 0 Å². The van der Waals surface area contributed by atoms with Crippen LogP contribution >= 0.6 is 15.9 Å². The van der Waals surface area contributed by atoms with Crippen LogP contribution in [0, 0.1) is 5.82 Å². The van der Waals surface area contributed by atoms with E-state index in [-0.39, 0.29) is 11.9 Å². The fraction of sp³-hybridized carbons (Fsp3) is 0.429. The molecule has 0 spiro atoms. The molecule has 0 bridgehead atoms. The number of aryl methyl sites for hydroxylation is 1. The highest BCUT2D eigenvalue weighted by Gasteiger charge is 2.16. The van der Waals surface area contributed by atoms with Crippen molar-refractivity contribution in [2.75, 3.05) is 6.54 Å². The summed E-state index contributed by atoms with van der Waals surface area (Å²) in [5.41, 5.74) is 1.95. The molecule has 0 aliphatic heterocycles. The number of nitrogens with zero attached hydrogens (tertiary/aromatic N) is 3. The Kier molecular flexibility index (Phi) is 5.25. The van der Waals surface area contributed by atoms with E-state index in [1.807, 2.05) is 19.3 Å². The number of aromatic nitrogens is 3. The third-order valence-electron chi connectivity index (χ3n) is 3.04. The monoisotopic (exact) mass is 340 g/mol. The van der Waals surface area contributed by atoms with Crippen molar-refractivity contribution >= 4 is 15.9 Å². The number of benzene rings is 1. The van der Waals surface area contributed by atoms with Crippen LogP contribution in [-0.4, -0.2) is 21.5 Å². The highest BCUT2D eigenvalue weighted by atomic mass is 79.9. The van der Waals surface area contributed by atoms with Gasteiger partial charge in [0.1, 0.15) is 5.82 Å². The Morgan fingerprint density at radius 2 is 2.25 bits per heavy atom. The summed E-state index contributed by atoms with van der Waals surface area (Å²) < 4.78 is 15.7. The summed E-state index contributed by atoms with van der Waals surface area (Å²) in [5.74, 6) is -0.241. The summed E-state index contributed by atoms with van der Waals surface area (Å²) in [4.78, 5) is 0. The maximum atomic E-state index is 13.2. The Balaban J connectivity index is 2.22. The number of hydrogen-bond acceptors (Lipinski definition) is 3. The molecule has 0 aliphatic rings. The van der Waals surface area contributed by atoms with Crippen LogP contribution < -0.4 is 5.32 Å². The Morgan fingerprint density at radius 1 is 1.45 bits per heavy atom. The Morgan fingerprint density at radius 3 is 2.85 bits per heavy atom. The molecule has 2 rings (SSSR count). The lowest BCUT2D eigenvalue weighted by molar-refractivity contribution is 0.520. The summed E-state index contributed by atoms with van der Waals surface area (Å²) in [5, 5.41) is 11.5. The van der Waals surface area contributed by atoms with Crippen molar-refractivity contribution in [3.8, 4) is 0 Å². The van der Waals surface area contributed by atoms with Gasteiger partial charge in [-0.25, -0.2) is 4.39 Å². The first-order valence-corrected chi connectivity index (χ1v) is 7.43. The minimum Gasteiger partial charge on any atom is -0.310 e. The van der Waals surface area contributed by atoms with Crippen molar-refractivity contribution in [3.05, 3.63) is 45.9 Å². The molecule has 0 fully saturated rings. The lowest BCUT2D eigenvalue weighted by atomic mass is 10.0. The molecule has 0 radical (unpaired) electrons. The van der Waals surface area contributed by atoms with Crippen LogP contribution in [0.1, 0.15) is 30.6 Å². The topological polar surface area (TPSA) is 42.7 Å². The second kappa shape index (κ2) is 6.95. The van der Waals surface area contributed by atoms with Crippen molar-refractivity contribution in [3.63, 3.8) is 0 Å². The largest absolute Gasteiger partial charge is 0.310 e. The van der Waals surface area contributed by atoms with Crippen LogP contribution in [0.2, 0.25) is 0 Å². The molecule has 1 aromatic carbocycles. The van der Waals surface area contributed by atoms with Gasteiger partial charge in [-0.2, -0.15) is 0 Å². The molecule has 1 N–H and O–H groups in total. The molecule has 1 atom stereocenters. The standard InChI is InChI=1S/C14H18BrFN4/c1-3-6-17-14(8-11-9-20(2)19-18-11)12-5-4-10(16)7-13(12)15/h4-5,7,9,14,17H,3,6,8H2,1-2H3. The van der Waals surface area contributed by atoms with Gasteiger partial charge in [-0.15, -0.1) is 5.10 Å². The molecule has 108 valence electrons. The van der Waals surface area contributed by atoms with Crippen molar-refractivity contribution < 1.29 is 4.39 Å². The van der Waals surface area contributed by atoms with E-state index in [1.54, 1.807) is 4.68 Å². The van der Waals surface area contributed by atoms with Gasteiger partial charge in [0.2, 0.25) is 0 Å². The smallest absolute Gasteiger partial charge is 0.124 e. The van der Waals surface area contributed by atoms with Gasteiger partial charge in [-0.3, -0.25) is 4.68 Å². The lowest BCUT2D eigenvalue weighted by Crippen LogP contribution is -2.24. The molecule has 1 aromatic heterocycles. The molecule has 0 amide bonds. The maximum Gasteiger partial charge on any atom is 0.124 e. The number of halogens is 2. The van der Waals surface area contributed by atoms with Crippen LogP contribution in [-0.2, 0) is 13.5 Å². The molecule has 0 saturated carbocycles. The van der Waals surface area contributed by atoms with Crippen LogP contribution in [0.25, 0.3) is 0 Å². The van der Waals surface area contributed by atoms with Gasteiger partial charge < -0.3 is 5.32 Å². The van der Waals surface area contributed by atoms with E-state index in [9.17, 15) is 4.39 Å². The van der Waals surface area contributed by atoms with E-state index in [4.69, 9.17) is 0 Å². The van der Waals surface area contributed by atoms with E-state index in [0.717, 1.165) is 35.1 Å². The summed E-state index contributed by atoms with van der Waals surface area (Å²) in [6.07, 6.45) is 3.66. The summed E-state index contributed by atoms with van der Waals surface area (Å²) in [6.45, 7) is 3.01. The Labute approximate surface area is 126 Å².